The summed E-state index contributed by atoms with van der Waals surface area (Å²) in [6, 6.07) is 0.538. The zero-order valence-corrected chi connectivity index (χ0v) is 20.4. The number of nitrogens with two attached hydrogens (primary N) is 1. The molecule has 0 spiro atoms. The Morgan fingerprint density at radius 2 is 1.65 bits per heavy atom. The number of hydrogen-bond acceptors (Lipinski definition) is 4. The normalized spacial score (nSPS) is 58.2. The molecule has 5 rings (SSSR count). The number of fused-ring (bicyclic) bond motifs is 5. The highest BCUT2D eigenvalue weighted by Crippen LogP contribution is 2.68. The van der Waals surface area contributed by atoms with Crippen LogP contribution in [0.5, 0.6) is 0 Å². The summed E-state index contributed by atoms with van der Waals surface area (Å²) in [7, 11) is 0. The molecule has 5 fully saturated rings. The van der Waals surface area contributed by atoms with Gasteiger partial charge in [-0.1, -0.05) is 27.7 Å². The summed E-state index contributed by atoms with van der Waals surface area (Å²) in [5.74, 6) is 4.18. The highest BCUT2D eigenvalue weighted by atomic mass is 16.3. The van der Waals surface area contributed by atoms with Crippen LogP contribution < -0.4 is 11.1 Å². The van der Waals surface area contributed by atoms with Crippen molar-refractivity contribution in [3.05, 3.63) is 0 Å². The van der Waals surface area contributed by atoms with Gasteiger partial charge in [0, 0.05) is 12.1 Å². The summed E-state index contributed by atoms with van der Waals surface area (Å²) >= 11 is 0. The predicted octanol–water partition coefficient (Wildman–Crippen LogP) is 3.94. The molecule has 0 aromatic rings. The van der Waals surface area contributed by atoms with Gasteiger partial charge in [-0.2, -0.15) is 0 Å². The van der Waals surface area contributed by atoms with Crippen LogP contribution in [0.4, 0.5) is 0 Å². The summed E-state index contributed by atoms with van der Waals surface area (Å²) < 4.78 is 0. The molecule has 1 heterocycles. The van der Waals surface area contributed by atoms with Crippen LogP contribution >= 0.6 is 0 Å². The van der Waals surface area contributed by atoms with Gasteiger partial charge >= 0.3 is 0 Å². The van der Waals surface area contributed by atoms with Crippen LogP contribution in [-0.4, -0.2) is 41.0 Å². The van der Waals surface area contributed by atoms with E-state index in [1.54, 1.807) is 0 Å². The van der Waals surface area contributed by atoms with E-state index in [0.29, 0.717) is 35.1 Å². The Labute approximate surface area is 190 Å². The first kappa shape index (κ1) is 22.6. The number of piperidine rings is 1. The van der Waals surface area contributed by atoms with Gasteiger partial charge in [0.2, 0.25) is 0 Å². The molecule has 31 heavy (non-hydrogen) atoms. The monoisotopic (exact) mass is 432 g/mol. The van der Waals surface area contributed by atoms with Crippen molar-refractivity contribution >= 4 is 0 Å². The first-order valence-electron chi connectivity index (χ1n) is 13.5. The topological polar surface area (TPSA) is 78.5 Å². The quantitative estimate of drug-likeness (QED) is 0.533. The van der Waals surface area contributed by atoms with Gasteiger partial charge in [-0.25, -0.2) is 0 Å². The molecule has 4 aliphatic carbocycles. The molecule has 1 saturated heterocycles. The van der Waals surface area contributed by atoms with Crippen LogP contribution in [0, 0.1) is 52.3 Å². The fraction of sp³-hybridized carbons (Fsp3) is 1.00. The zero-order valence-electron chi connectivity index (χ0n) is 20.4. The van der Waals surface area contributed by atoms with Crippen LogP contribution in [0.3, 0.4) is 0 Å². The van der Waals surface area contributed by atoms with Gasteiger partial charge in [0.05, 0.1) is 12.2 Å². The SMILES string of the molecule is C[C@H]1CN[C@H]([C@@H](C)[C@H]2[C@H](O)C[C@@H]3[C@H]4CC[C@H]5C[C@@H](N)CC[C@]5(C)[C@H]4CC[C@]23C)[C@H](O)C1. The minimum atomic E-state index is -0.286. The van der Waals surface area contributed by atoms with Crippen molar-refractivity contribution in [2.45, 2.75) is 110 Å². The van der Waals surface area contributed by atoms with Crippen LogP contribution in [0.2, 0.25) is 0 Å². The van der Waals surface area contributed by atoms with Crippen molar-refractivity contribution in [1.29, 1.82) is 0 Å². The molecule has 4 nitrogen and oxygen atoms in total. The van der Waals surface area contributed by atoms with E-state index in [2.05, 4.69) is 33.0 Å². The predicted molar refractivity (Wildman–Crippen MR) is 125 cm³/mol. The molecule has 4 saturated carbocycles. The van der Waals surface area contributed by atoms with Crippen molar-refractivity contribution < 1.29 is 10.2 Å². The standard InChI is InChI=1S/C27H48N2O2/c1-15-11-23(31)25(29-14-15)16(2)24-22(30)13-21-19-6-5-17-12-18(28)7-9-26(17,3)20(19)8-10-27(21,24)4/h15-25,29-31H,5-14,28H2,1-4H3/t15-,16+,17+,18+,19+,20+,21-,22-,23-,24+,25-,26+,27+/m1/s1. The smallest absolute Gasteiger partial charge is 0.0698 e. The second kappa shape index (κ2) is 7.96. The van der Waals surface area contributed by atoms with E-state index in [1.807, 2.05) is 0 Å². The molecule has 4 heteroatoms. The molecule has 178 valence electrons. The third kappa shape index (κ3) is 3.45. The summed E-state index contributed by atoms with van der Waals surface area (Å²) in [6.45, 7) is 10.6. The van der Waals surface area contributed by atoms with E-state index in [4.69, 9.17) is 5.73 Å². The second-order valence-corrected chi connectivity index (χ2v) is 13.3. The molecular weight excluding hydrogens is 384 g/mol. The highest BCUT2D eigenvalue weighted by molar-refractivity contribution is 5.13. The van der Waals surface area contributed by atoms with Crippen molar-refractivity contribution in [3.8, 4) is 0 Å². The maximum absolute atomic E-state index is 11.4. The molecule has 5 N–H and O–H groups in total. The minimum Gasteiger partial charge on any atom is -0.393 e. The van der Waals surface area contributed by atoms with Crippen molar-refractivity contribution in [1.82, 2.24) is 5.32 Å². The van der Waals surface area contributed by atoms with E-state index in [1.165, 1.54) is 44.9 Å². The molecule has 0 aromatic heterocycles. The van der Waals surface area contributed by atoms with Crippen molar-refractivity contribution in [3.63, 3.8) is 0 Å². The molecular formula is C27H48N2O2. The maximum atomic E-state index is 11.4. The Hall–Kier alpha value is -0.160. The van der Waals surface area contributed by atoms with E-state index in [-0.39, 0.29) is 23.7 Å². The molecule has 1 aliphatic heterocycles. The van der Waals surface area contributed by atoms with Gasteiger partial charge in [0.15, 0.2) is 0 Å². The molecule has 0 aromatic carbocycles. The van der Waals surface area contributed by atoms with Crippen LogP contribution in [0.25, 0.3) is 0 Å². The Kier molecular flexibility index (Phi) is 5.81. The highest BCUT2D eigenvalue weighted by Gasteiger charge is 2.63. The van der Waals surface area contributed by atoms with Crippen LogP contribution in [0.1, 0.15) is 85.5 Å². The Morgan fingerprint density at radius 3 is 2.39 bits per heavy atom. The summed E-state index contributed by atoms with van der Waals surface area (Å²) in [5, 5.41) is 25.9. The van der Waals surface area contributed by atoms with Crippen LogP contribution in [0.15, 0.2) is 0 Å². The van der Waals surface area contributed by atoms with Crippen molar-refractivity contribution in [2.24, 2.45) is 58.0 Å². The van der Waals surface area contributed by atoms with Gasteiger partial charge < -0.3 is 21.3 Å². The lowest BCUT2D eigenvalue weighted by Crippen LogP contribution is -2.57. The molecule has 0 radical (unpaired) electrons. The van der Waals surface area contributed by atoms with Crippen molar-refractivity contribution in [2.75, 3.05) is 6.54 Å². The van der Waals surface area contributed by atoms with Gasteiger partial charge in [-0.3, -0.25) is 0 Å². The molecule has 0 amide bonds. The third-order valence-corrected chi connectivity index (χ3v) is 11.7. The second-order valence-electron chi connectivity index (χ2n) is 13.3. The number of aliphatic hydroxyl groups is 2. The van der Waals surface area contributed by atoms with Gasteiger partial charge in [-0.15, -0.1) is 0 Å². The average molecular weight is 433 g/mol. The third-order valence-electron chi connectivity index (χ3n) is 11.7. The van der Waals surface area contributed by atoms with Gasteiger partial charge in [0.1, 0.15) is 0 Å². The lowest BCUT2D eigenvalue weighted by molar-refractivity contribution is -0.120. The van der Waals surface area contributed by atoms with Gasteiger partial charge in [0.25, 0.3) is 0 Å². The maximum Gasteiger partial charge on any atom is 0.0698 e. The fourth-order valence-corrected chi connectivity index (χ4v) is 10.2. The van der Waals surface area contributed by atoms with E-state index >= 15 is 0 Å². The Balaban J connectivity index is 1.38. The van der Waals surface area contributed by atoms with E-state index in [9.17, 15) is 10.2 Å². The molecule has 13 atom stereocenters. The molecule has 0 unspecified atom stereocenters. The fourth-order valence-electron chi connectivity index (χ4n) is 10.2. The van der Waals surface area contributed by atoms with E-state index < -0.39 is 0 Å². The minimum absolute atomic E-state index is 0.122. The average Bonchev–Trinajstić information content (AvgIpc) is 2.98. The Morgan fingerprint density at radius 1 is 0.903 bits per heavy atom. The zero-order chi connectivity index (χ0) is 22.1. The molecule has 0 bridgehead atoms. The largest absolute Gasteiger partial charge is 0.393 e. The number of rotatable bonds is 2. The first-order chi connectivity index (χ1) is 14.6. The van der Waals surface area contributed by atoms with E-state index in [0.717, 1.165) is 37.1 Å². The number of nitrogens with one attached hydrogen (secondary N) is 1. The summed E-state index contributed by atoms with van der Waals surface area (Å²) in [5.41, 5.74) is 7.05. The Bertz CT molecular complexity index is 672. The summed E-state index contributed by atoms with van der Waals surface area (Å²) in [6.07, 6.45) is 10.4. The number of hydrogen-bond donors (Lipinski definition) is 4. The number of aliphatic hydroxyl groups excluding tert-OH is 2. The first-order valence-corrected chi connectivity index (χ1v) is 13.5. The van der Waals surface area contributed by atoms with Crippen LogP contribution in [-0.2, 0) is 0 Å². The molecule has 5 aliphatic rings. The lowest BCUT2D eigenvalue weighted by atomic mass is 9.44. The van der Waals surface area contributed by atoms with Gasteiger partial charge in [-0.05, 0) is 117 Å². The lowest BCUT2D eigenvalue weighted by Gasteiger charge is -2.61. The summed E-state index contributed by atoms with van der Waals surface area (Å²) in [4.78, 5) is 0.